The van der Waals surface area contributed by atoms with Crippen LogP contribution >= 0.6 is 0 Å². The molecule has 0 spiro atoms. The van der Waals surface area contributed by atoms with Crippen LogP contribution in [-0.2, 0) is 14.3 Å². The van der Waals surface area contributed by atoms with Gasteiger partial charge in [0, 0.05) is 13.1 Å². The molecular weight excluding hydrogens is 342 g/mol. The number of hydrogen-bond donors (Lipinski definition) is 0. The van der Waals surface area contributed by atoms with E-state index in [1.54, 1.807) is 24.0 Å². The van der Waals surface area contributed by atoms with Crippen LogP contribution in [0.1, 0.15) is 31.1 Å². The van der Waals surface area contributed by atoms with Crippen LogP contribution < -0.4 is 0 Å². The number of ether oxygens (including phenoxy) is 2. The molecule has 0 radical (unpaired) electrons. The molecular formula is C22H25NO4. The molecule has 1 aliphatic rings. The second-order valence-corrected chi connectivity index (χ2v) is 6.99. The topological polar surface area (TPSA) is 55.8 Å². The first-order chi connectivity index (χ1) is 12.9. The molecule has 0 bridgehead atoms. The van der Waals surface area contributed by atoms with Gasteiger partial charge in [-0.05, 0) is 44.0 Å². The molecule has 3 rings (SSSR count). The van der Waals surface area contributed by atoms with Gasteiger partial charge in [0.05, 0.1) is 17.8 Å². The van der Waals surface area contributed by atoms with Gasteiger partial charge in [-0.3, -0.25) is 4.79 Å². The zero-order valence-electron chi connectivity index (χ0n) is 15.9. The van der Waals surface area contributed by atoms with Crippen LogP contribution in [0.4, 0.5) is 0 Å². The molecule has 0 saturated carbocycles. The molecule has 0 unspecified atom stereocenters. The minimum atomic E-state index is -0.830. The van der Waals surface area contributed by atoms with E-state index in [4.69, 9.17) is 9.47 Å². The molecule has 1 fully saturated rings. The third kappa shape index (κ3) is 4.74. The summed E-state index contributed by atoms with van der Waals surface area (Å²) in [6.07, 6.45) is -0.874. The highest BCUT2D eigenvalue weighted by atomic mass is 16.5. The van der Waals surface area contributed by atoms with Crippen LogP contribution in [0.5, 0.6) is 0 Å². The van der Waals surface area contributed by atoms with Crippen LogP contribution in [0.2, 0.25) is 0 Å². The highest BCUT2D eigenvalue weighted by Crippen LogP contribution is 2.20. The van der Waals surface area contributed by atoms with E-state index in [1.165, 1.54) is 0 Å². The van der Waals surface area contributed by atoms with E-state index in [2.05, 4.69) is 0 Å². The predicted molar refractivity (Wildman–Crippen MR) is 103 cm³/mol. The second-order valence-electron chi connectivity index (χ2n) is 6.99. The number of amides is 1. The predicted octanol–water partition coefficient (Wildman–Crippen LogP) is 3.53. The van der Waals surface area contributed by atoms with Gasteiger partial charge < -0.3 is 14.4 Å². The molecule has 2 aromatic rings. The maximum absolute atomic E-state index is 12.6. The van der Waals surface area contributed by atoms with Gasteiger partial charge in [-0.2, -0.15) is 0 Å². The summed E-state index contributed by atoms with van der Waals surface area (Å²) >= 11 is 0. The Morgan fingerprint density at radius 1 is 0.963 bits per heavy atom. The van der Waals surface area contributed by atoms with Crippen LogP contribution in [0.25, 0.3) is 11.1 Å². The molecule has 1 heterocycles. The first-order valence-electron chi connectivity index (χ1n) is 9.24. The number of carbonyl (C=O) groups excluding carboxylic acids is 2. The summed E-state index contributed by atoms with van der Waals surface area (Å²) in [6.45, 7) is 6.50. The zero-order chi connectivity index (χ0) is 19.4. The number of esters is 1. The number of morpholine rings is 1. The van der Waals surface area contributed by atoms with E-state index in [9.17, 15) is 9.59 Å². The highest BCUT2D eigenvalue weighted by molar-refractivity contribution is 5.92. The molecule has 1 aliphatic heterocycles. The average molecular weight is 367 g/mol. The SMILES string of the molecule is C[C@@H]1CN(C(=O)[C@@H](C)OC(=O)c2ccc(-c3ccccc3)cc2)C[C@@H](C)O1. The van der Waals surface area contributed by atoms with Gasteiger partial charge in [-0.25, -0.2) is 4.79 Å². The van der Waals surface area contributed by atoms with Gasteiger partial charge in [-0.15, -0.1) is 0 Å². The summed E-state index contributed by atoms with van der Waals surface area (Å²) in [4.78, 5) is 26.7. The summed E-state index contributed by atoms with van der Waals surface area (Å²) in [6, 6.07) is 17.1. The normalized spacial score (nSPS) is 20.8. The summed E-state index contributed by atoms with van der Waals surface area (Å²) in [5.74, 6) is -0.684. The fourth-order valence-corrected chi connectivity index (χ4v) is 3.32. The van der Waals surface area contributed by atoms with Crippen molar-refractivity contribution in [1.29, 1.82) is 0 Å². The molecule has 0 aliphatic carbocycles. The lowest BCUT2D eigenvalue weighted by atomic mass is 10.0. The van der Waals surface area contributed by atoms with Crippen molar-refractivity contribution in [3.8, 4) is 11.1 Å². The van der Waals surface area contributed by atoms with Crippen molar-refractivity contribution in [3.05, 3.63) is 60.2 Å². The minimum absolute atomic E-state index is 0.0221. The highest BCUT2D eigenvalue weighted by Gasteiger charge is 2.30. The number of rotatable bonds is 4. The zero-order valence-corrected chi connectivity index (χ0v) is 15.9. The number of carbonyl (C=O) groups is 2. The van der Waals surface area contributed by atoms with Crippen molar-refractivity contribution < 1.29 is 19.1 Å². The fraction of sp³-hybridized carbons (Fsp3) is 0.364. The summed E-state index contributed by atoms with van der Waals surface area (Å²) < 4.78 is 11.0. The second kappa shape index (κ2) is 8.35. The lowest BCUT2D eigenvalue weighted by Crippen LogP contribution is -2.51. The van der Waals surface area contributed by atoms with Gasteiger partial charge in [0.2, 0.25) is 0 Å². The van der Waals surface area contributed by atoms with Crippen LogP contribution in [0, 0.1) is 0 Å². The van der Waals surface area contributed by atoms with E-state index >= 15 is 0 Å². The standard InChI is InChI=1S/C22H25NO4/c1-15-13-23(14-16(2)26-15)21(24)17(3)27-22(25)20-11-9-19(10-12-20)18-7-5-4-6-8-18/h4-12,15-17H,13-14H2,1-3H3/t15-,16-,17-/m1/s1. The first-order valence-corrected chi connectivity index (χ1v) is 9.24. The fourth-order valence-electron chi connectivity index (χ4n) is 3.32. The van der Waals surface area contributed by atoms with Crippen molar-refractivity contribution in [3.63, 3.8) is 0 Å². The molecule has 142 valence electrons. The van der Waals surface area contributed by atoms with Crippen LogP contribution in [0.15, 0.2) is 54.6 Å². The van der Waals surface area contributed by atoms with E-state index in [0.29, 0.717) is 18.7 Å². The van der Waals surface area contributed by atoms with Gasteiger partial charge in [-0.1, -0.05) is 42.5 Å². The lowest BCUT2D eigenvalue weighted by molar-refractivity contribution is -0.151. The number of benzene rings is 2. The first kappa shape index (κ1) is 19.1. The summed E-state index contributed by atoms with van der Waals surface area (Å²) in [5.41, 5.74) is 2.53. The molecule has 3 atom stereocenters. The van der Waals surface area contributed by atoms with E-state index in [0.717, 1.165) is 11.1 Å². The maximum Gasteiger partial charge on any atom is 0.338 e. The third-order valence-electron chi connectivity index (χ3n) is 4.59. The van der Waals surface area contributed by atoms with Crippen LogP contribution in [0.3, 0.4) is 0 Å². The van der Waals surface area contributed by atoms with E-state index in [-0.39, 0.29) is 18.1 Å². The molecule has 0 N–H and O–H groups in total. The van der Waals surface area contributed by atoms with Crippen molar-refractivity contribution >= 4 is 11.9 Å². The van der Waals surface area contributed by atoms with Gasteiger partial charge in [0.15, 0.2) is 6.10 Å². The number of hydrogen-bond acceptors (Lipinski definition) is 4. The van der Waals surface area contributed by atoms with Crippen molar-refractivity contribution in [1.82, 2.24) is 4.90 Å². The molecule has 1 amide bonds. The van der Waals surface area contributed by atoms with Crippen molar-refractivity contribution in [2.75, 3.05) is 13.1 Å². The largest absolute Gasteiger partial charge is 0.449 e. The summed E-state index contributed by atoms with van der Waals surface area (Å²) in [7, 11) is 0. The Kier molecular flexibility index (Phi) is 5.91. The van der Waals surface area contributed by atoms with Crippen molar-refractivity contribution in [2.24, 2.45) is 0 Å². The molecule has 5 heteroatoms. The lowest BCUT2D eigenvalue weighted by Gasteiger charge is -2.36. The molecule has 0 aromatic heterocycles. The van der Waals surface area contributed by atoms with Gasteiger partial charge >= 0.3 is 5.97 Å². The average Bonchev–Trinajstić information content (AvgIpc) is 2.67. The minimum Gasteiger partial charge on any atom is -0.449 e. The Balaban J connectivity index is 1.62. The van der Waals surface area contributed by atoms with Crippen LogP contribution in [-0.4, -0.2) is 48.2 Å². The molecule has 1 saturated heterocycles. The Morgan fingerprint density at radius 2 is 1.52 bits per heavy atom. The van der Waals surface area contributed by atoms with E-state index < -0.39 is 12.1 Å². The van der Waals surface area contributed by atoms with Gasteiger partial charge in [0.1, 0.15) is 0 Å². The van der Waals surface area contributed by atoms with E-state index in [1.807, 2.05) is 56.3 Å². The molecule has 2 aromatic carbocycles. The smallest absolute Gasteiger partial charge is 0.338 e. The Morgan fingerprint density at radius 3 is 2.11 bits per heavy atom. The Bertz CT molecular complexity index is 778. The van der Waals surface area contributed by atoms with Gasteiger partial charge in [0.25, 0.3) is 5.91 Å². The maximum atomic E-state index is 12.6. The molecule has 27 heavy (non-hydrogen) atoms. The Labute approximate surface area is 159 Å². The number of nitrogens with zero attached hydrogens (tertiary/aromatic N) is 1. The third-order valence-corrected chi connectivity index (χ3v) is 4.59. The van der Waals surface area contributed by atoms with Crippen molar-refractivity contribution in [2.45, 2.75) is 39.1 Å². The quantitative estimate of drug-likeness (QED) is 0.776. The molecule has 5 nitrogen and oxygen atoms in total. The summed E-state index contributed by atoms with van der Waals surface area (Å²) in [5, 5.41) is 0. The monoisotopic (exact) mass is 367 g/mol. The Hall–Kier alpha value is -2.66.